The van der Waals surface area contributed by atoms with Crippen LogP contribution in [0.4, 0.5) is 0 Å². The number of likely N-dealkylation sites (tertiary alicyclic amines) is 1. The minimum Gasteiger partial charge on any atom is -0.493 e. The topological polar surface area (TPSA) is 50.8 Å². The van der Waals surface area contributed by atoms with Crippen molar-refractivity contribution in [2.45, 2.75) is 19.3 Å². The third-order valence-corrected chi connectivity index (χ3v) is 4.56. The molecule has 0 radical (unpaired) electrons. The fourth-order valence-electron chi connectivity index (χ4n) is 3.29. The summed E-state index contributed by atoms with van der Waals surface area (Å²) in [6, 6.07) is 3.67. The molecule has 1 aliphatic heterocycles. The Balaban J connectivity index is 2.20. The predicted molar refractivity (Wildman–Crippen MR) is 96.0 cm³/mol. The molecule has 24 heavy (non-hydrogen) atoms. The summed E-state index contributed by atoms with van der Waals surface area (Å²) in [5.74, 6) is 1.97. The fourth-order valence-corrected chi connectivity index (χ4v) is 3.29. The van der Waals surface area contributed by atoms with Crippen LogP contribution in [0.5, 0.6) is 11.5 Å². The van der Waals surface area contributed by atoms with Crippen molar-refractivity contribution in [2.75, 3.05) is 40.9 Å². The van der Waals surface area contributed by atoms with Crippen molar-refractivity contribution in [1.82, 2.24) is 10.2 Å². The Labute approximate surface area is 144 Å². The molecule has 5 nitrogen and oxygen atoms in total. The second-order valence-electron chi connectivity index (χ2n) is 6.16. The van der Waals surface area contributed by atoms with Gasteiger partial charge in [0.25, 0.3) is 5.91 Å². The molecule has 1 fully saturated rings. The molecule has 2 rings (SSSR count). The van der Waals surface area contributed by atoms with Gasteiger partial charge in [-0.3, -0.25) is 4.79 Å². The van der Waals surface area contributed by atoms with Crippen LogP contribution in [0, 0.1) is 5.92 Å². The average molecular weight is 332 g/mol. The third-order valence-electron chi connectivity index (χ3n) is 4.56. The molecule has 1 amide bonds. The van der Waals surface area contributed by atoms with Gasteiger partial charge in [0.15, 0.2) is 11.5 Å². The number of amides is 1. The molecule has 0 bridgehead atoms. The van der Waals surface area contributed by atoms with Gasteiger partial charge in [-0.1, -0.05) is 6.08 Å². The van der Waals surface area contributed by atoms with Gasteiger partial charge in [-0.2, -0.15) is 0 Å². The van der Waals surface area contributed by atoms with Crippen molar-refractivity contribution in [1.29, 1.82) is 0 Å². The number of nitrogens with one attached hydrogen (secondary N) is 1. The van der Waals surface area contributed by atoms with E-state index in [2.05, 4.69) is 11.9 Å². The Morgan fingerprint density at radius 3 is 2.58 bits per heavy atom. The summed E-state index contributed by atoms with van der Waals surface area (Å²) in [5.41, 5.74) is 1.57. The van der Waals surface area contributed by atoms with Crippen molar-refractivity contribution in [2.24, 2.45) is 5.92 Å². The van der Waals surface area contributed by atoms with Crippen LogP contribution in [0.15, 0.2) is 24.8 Å². The van der Waals surface area contributed by atoms with Crippen LogP contribution in [0.2, 0.25) is 0 Å². The molecule has 0 saturated carbocycles. The average Bonchev–Trinajstić information content (AvgIpc) is 2.61. The Morgan fingerprint density at radius 2 is 2.04 bits per heavy atom. The summed E-state index contributed by atoms with van der Waals surface area (Å²) < 4.78 is 10.8. The lowest BCUT2D eigenvalue weighted by Gasteiger charge is -2.32. The largest absolute Gasteiger partial charge is 0.493 e. The zero-order valence-electron chi connectivity index (χ0n) is 14.9. The second kappa shape index (κ2) is 8.73. The quantitative estimate of drug-likeness (QED) is 0.780. The van der Waals surface area contributed by atoms with Gasteiger partial charge in [-0.15, -0.1) is 6.58 Å². The molecule has 1 heterocycles. The van der Waals surface area contributed by atoms with Crippen LogP contribution in [0.3, 0.4) is 0 Å². The molecule has 0 atom stereocenters. The number of carbonyl (C=O) groups is 1. The monoisotopic (exact) mass is 332 g/mol. The van der Waals surface area contributed by atoms with E-state index in [0.717, 1.165) is 38.0 Å². The zero-order chi connectivity index (χ0) is 17.5. The molecule has 0 spiro atoms. The van der Waals surface area contributed by atoms with Gasteiger partial charge in [-0.25, -0.2) is 0 Å². The highest BCUT2D eigenvalue weighted by atomic mass is 16.5. The van der Waals surface area contributed by atoms with Crippen molar-refractivity contribution < 1.29 is 14.3 Å². The minimum atomic E-state index is 0.0594. The van der Waals surface area contributed by atoms with E-state index in [4.69, 9.17) is 9.47 Å². The molecule has 1 aromatic carbocycles. The van der Waals surface area contributed by atoms with Gasteiger partial charge in [-0.05, 0) is 50.9 Å². The summed E-state index contributed by atoms with van der Waals surface area (Å²) in [5, 5.41) is 3.22. The van der Waals surface area contributed by atoms with E-state index in [1.54, 1.807) is 26.4 Å². The lowest BCUT2D eigenvalue weighted by molar-refractivity contribution is 0.0690. The minimum absolute atomic E-state index is 0.0594. The maximum absolute atomic E-state index is 12.9. The highest BCUT2D eigenvalue weighted by molar-refractivity contribution is 5.95. The lowest BCUT2D eigenvalue weighted by Crippen LogP contribution is -2.40. The van der Waals surface area contributed by atoms with Crippen LogP contribution < -0.4 is 14.8 Å². The molecule has 0 unspecified atom stereocenters. The van der Waals surface area contributed by atoms with E-state index in [1.165, 1.54) is 0 Å². The number of methoxy groups -OCH3 is 2. The summed E-state index contributed by atoms with van der Waals surface area (Å²) in [7, 11) is 5.17. The lowest BCUT2D eigenvalue weighted by atomic mass is 9.96. The fraction of sp³-hybridized carbons (Fsp3) is 0.526. The number of carbonyl (C=O) groups excluding carboxylic acids is 1. The molecule has 132 valence electrons. The standard InChI is InChI=1S/C19H28N2O3/c1-5-6-15-11-16(12-17(23-3)18(15)24-4)19(22)21-9-7-14(8-10-21)13-20-2/h5,11-12,14,20H,1,6-10,13H2,2-4H3. The number of nitrogens with zero attached hydrogens (tertiary/aromatic N) is 1. The van der Waals surface area contributed by atoms with E-state index < -0.39 is 0 Å². The first kappa shape index (κ1) is 18.3. The Kier molecular flexibility index (Phi) is 6.67. The van der Waals surface area contributed by atoms with Gasteiger partial charge in [0.05, 0.1) is 14.2 Å². The number of benzene rings is 1. The summed E-state index contributed by atoms with van der Waals surface area (Å²) in [4.78, 5) is 14.8. The van der Waals surface area contributed by atoms with E-state index in [9.17, 15) is 4.79 Å². The molecule has 1 saturated heterocycles. The SMILES string of the molecule is C=CCc1cc(C(=O)N2CCC(CNC)CC2)cc(OC)c1OC. The van der Waals surface area contributed by atoms with Crippen LogP contribution in [-0.2, 0) is 6.42 Å². The number of allylic oxidation sites excluding steroid dienone is 1. The molecule has 1 aliphatic rings. The number of hydrogen-bond acceptors (Lipinski definition) is 4. The highest BCUT2D eigenvalue weighted by Crippen LogP contribution is 2.34. The summed E-state index contributed by atoms with van der Waals surface area (Å²) in [6.45, 7) is 6.40. The molecular formula is C19H28N2O3. The van der Waals surface area contributed by atoms with Crippen molar-refractivity contribution in [3.05, 3.63) is 35.9 Å². The van der Waals surface area contributed by atoms with E-state index >= 15 is 0 Å². The maximum Gasteiger partial charge on any atom is 0.254 e. The molecule has 5 heteroatoms. The van der Waals surface area contributed by atoms with E-state index in [1.807, 2.05) is 18.0 Å². The summed E-state index contributed by atoms with van der Waals surface area (Å²) >= 11 is 0. The second-order valence-corrected chi connectivity index (χ2v) is 6.16. The maximum atomic E-state index is 12.9. The van der Waals surface area contributed by atoms with Gasteiger partial charge in [0.2, 0.25) is 0 Å². The number of ether oxygens (including phenoxy) is 2. The van der Waals surface area contributed by atoms with Gasteiger partial charge in [0.1, 0.15) is 0 Å². The smallest absolute Gasteiger partial charge is 0.254 e. The molecule has 0 aliphatic carbocycles. The van der Waals surface area contributed by atoms with Crippen LogP contribution in [0.25, 0.3) is 0 Å². The van der Waals surface area contributed by atoms with E-state index in [-0.39, 0.29) is 5.91 Å². The van der Waals surface area contributed by atoms with Crippen LogP contribution >= 0.6 is 0 Å². The zero-order valence-corrected chi connectivity index (χ0v) is 14.9. The van der Waals surface area contributed by atoms with Gasteiger partial charge in [0, 0.05) is 24.2 Å². The van der Waals surface area contributed by atoms with Crippen molar-refractivity contribution in [3.8, 4) is 11.5 Å². The van der Waals surface area contributed by atoms with E-state index in [0.29, 0.717) is 29.4 Å². The molecule has 1 aromatic rings. The predicted octanol–water partition coefficient (Wildman–Crippen LogP) is 2.50. The van der Waals surface area contributed by atoms with Gasteiger partial charge < -0.3 is 19.7 Å². The Bertz CT molecular complexity index is 578. The normalized spacial score (nSPS) is 15.2. The summed E-state index contributed by atoms with van der Waals surface area (Å²) in [6.07, 6.45) is 4.51. The molecule has 1 N–H and O–H groups in total. The van der Waals surface area contributed by atoms with Crippen molar-refractivity contribution in [3.63, 3.8) is 0 Å². The number of rotatable bonds is 7. The Hall–Kier alpha value is -2.01. The van der Waals surface area contributed by atoms with Crippen LogP contribution in [0.1, 0.15) is 28.8 Å². The molecular weight excluding hydrogens is 304 g/mol. The first-order chi connectivity index (χ1) is 11.6. The van der Waals surface area contributed by atoms with Crippen LogP contribution in [-0.4, -0.2) is 51.7 Å². The molecule has 0 aromatic heterocycles. The first-order valence-electron chi connectivity index (χ1n) is 8.44. The third kappa shape index (κ3) is 4.09. The van der Waals surface area contributed by atoms with Gasteiger partial charge >= 0.3 is 0 Å². The Morgan fingerprint density at radius 1 is 1.33 bits per heavy atom. The first-order valence-corrected chi connectivity index (χ1v) is 8.44. The highest BCUT2D eigenvalue weighted by Gasteiger charge is 2.25. The number of piperidine rings is 1. The number of hydrogen-bond donors (Lipinski definition) is 1. The van der Waals surface area contributed by atoms with Crippen molar-refractivity contribution >= 4 is 5.91 Å².